The summed E-state index contributed by atoms with van der Waals surface area (Å²) in [6, 6.07) is 9.55. The first-order valence-corrected chi connectivity index (χ1v) is 11.9. The minimum atomic E-state index is -0.783. The smallest absolute Gasteiger partial charge is 0.345 e. The van der Waals surface area contributed by atoms with Crippen LogP contribution in [0.15, 0.2) is 48.8 Å². The van der Waals surface area contributed by atoms with Crippen LogP contribution in [-0.4, -0.2) is 47.9 Å². The van der Waals surface area contributed by atoms with E-state index in [4.69, 9.17) is 10.00 Å². The van der Waals surface area contributed by atoms with Gasteiger partial charge in [0.15, 0.2) is 5.78 Å². The average molecular weight is 549 g/mol. The normalized spacial score (nSPS) is 14.9. The molecule has 2 aromatic heterocycles. The summed E-state index contributed by atoms with van der Waals surface area (Å²) in [6.45, 7) is 1.66. The first-order chi connectivity index (χ1) is 18.2. The Kier molecular flexibility index (Phi) is 10.4. The van der Waals surface area contributed by atoms with Gasteiger partial charge in [-0.1, -0.05) is 21.8 Å². The lowest BCUT2D eigenvalue weighted by Gasteiger charge is -2.16. The van der Waals surface area contributed by atoms with Crippen LogP contribution in [0.3, 0.4) is 0 Å². The van der Waals surface area contributed by atoms with Crippen molar-refractivity contribution in [2.24, 2.45) is 0 Å². The summed E-state index contributed by atoms with van der Waals surface area (Å²) >= 11 is 0. The molecule has 11 heteroatoms. The number of ketones is 1. The van der Waals surface area contributed by atoms with Crippen LogP contribution in [0.2, 0.25) is 0 Å². The maximum atomic E-state index is 15.1. The maximum absolute atomic E-state index is 15.1. The summed E-state index contributed by atoms with van der Waals surface area (Å²) in [4.78, 5) is 48.0. The fourth-order valence-corrected chi connectivity index (χ4v) is 3.89. The van der Waals surface area contributed by atoms with E-state index in [2.05, 4.69) is 20.6 Å². The number of carbonyl (C=O) groups excluding carboxylic acids is 3. The van der Waals surface area contributed by atoms with Crippen molar-refractivity contribution in [2.45, 2.75) is 46.6 Å². The predicted octanol–water partition coefficient (Wildman–Crippen LogP) is 5.32. The molecule has 2 amide bonds. The first-order valence-electron chi connectivity index (χ1n) is 11.9. The summed E-state index contributed by atoms with van der Waals surface area (Å²) in [5, 5.41) is 14.2. The molecule has 1 fully saturated rings. The van der Waals surface area contributed by atoms with E-state index < -0.39 is 29.8 Å². The van der Waals surface area contributed by atoms with Crippen molar-refractivity contribution in [2.75, 3.05) is 24.3 Å². The zero-order valence-corrected chi connectivity index (χ0v) is 21.0. The van der Waals surface area contributed by atoms with Crippen LogP contribution in [-0.2, 0) is 0 Å². The number of nitriles is 1. The van der Waals surface area contributed by atoms with E-state index in [1.54, 1.807) is 17.9 Å². The zero-order chi connectivity index (χ0) is 27.4. The topological polar surface area (TPSA) is 137 Å². The zero-order valence-electron chi connectivity index (χ0n) is 21.0. The number of aromatic nitrogens is 2. The van der Waals surface area contributed by atoms with Gasteiger partial charge >= 0.3 is 12.0 Å². The van der Waals surface area contributed by atoms with Crippen molar-refractivity contribution in [3.05, 3.63) is 76.9 Å². The molecule has 0 spiro atoms. The van der Waals surface area contributed by atoms with Crippen molar-refractivity contribution in [3.8, 4) is 11.8 Å². The quantitative estimate of drug-likeness (QED) is 0.219. The predicted molar refractivity (Wildman–Crippen MR) is 150 cm³/mol. The number of esters is 1. The molecule has 1 aliphatic carbocycles. The minimum Gasteiger partial charge on any atom is -0.422 e. The highest BCUT2D eigenvalue weighted by Crippen LogP contribution is 2.47. The van der Waals surface area contributed by atoms with Crippen LogP contribution in [0.25, 0.3) is 0 Å². The molecule has 0 aliphatic heterocycles. The van der Waals surface area contributed by atoms with Crippen LogP contribution in [0.5, 0.6) is 5.75 Å². The van der Waals surface area contributed by atoms with Gasteiger partial charge in [-0.25, -0.2) is 23.9 Å². The Morgan fingerprint density at radius 3 is 2.42 bits per heavy atom. The van der Waals surface area contributed by atoms with Gasteiger partial charge in [-0.2, -0.15) is 5.26 Å². The Morgan fingerprint density at radius 1 is 1.10 bits per heavy atom. The molecule has 0 saturated heterocycles. The van der Waals surface area contributed by atoms with E-state index in [-0.39, 0.29) is 55.3 Å². The highest BCUT2D eigenvalue weighted by atomic mass is 19.1. The number of benzene rings is 1. The molecule has 40 heavy (non-hydrogen) atoms. The Balaban J connectivity index is 0.00000280. The lowest BCUT2D eigenvalue weighted by atomic mass is 10.00. The number of Topliss-reactive ketones (excluding diaryl/α,β-unsaturated/α-hetero) is 1. The van der Waals surface area contributed by atoms with Gasteiger partial charge in [-0.05, 0) is 42.8 Å². The molecule has 1 saturated carbocycles. The third-order valence-corrected chi connectivity index (χ3v) is 6.01. The molecule has 2 atom stereocenters. The van der Waals surface area contributed by atoms with Crippen LogP contribution < -0.4 is 20.3 Å². The molecule has 210 valence electrons. The monoisotopic (exact) mass is 548 g/mol. The summed E-state index contributed by atoms with van der Waals surface area (Å²) in [6.07, 6.45) is 3.17. The third-order valence-electron chi connectivity index (χ3n) is 6.01. The number of ether oxygens (including phenoxy) is 1. The van der Waals surface area contributed by atoms with Crippen LogP contribution >= 0.6 is 0 Å². The Morgan fingerprint density at radius 2 is 1.85 bits per heavy atom. The van der Waals surface area contributed by atoms with Crippen molar-refractivity contribution >= 4 is 29.4 Å². The molecule has 1 unspecified atom stereocenters. The van der Waals surface area contributed by atoms with E-state index in [0.29, 0.717) is 17.8 Å². The van der Waals surface area contributed by atoms with Gasteiger partial charge in [-0.15, -0.1) is 0 Å². The second-order valence-electron chi connectivity index (χ2n) is 8.89. The largest absolute Gasteiger partial charge is 0.422 e. The first kappa shape index (κ1) is 31.4. The van der Waals surface area contributed by atoms with Gasteiger partial charge in [0.1, 0.15) is 29.3 Å². The molecule has 0 bridgehead atoms. The number of pyridine rings is 2. The highest BCUT2D eigenvalue weighted by molar-refractivity contribution is 6.01. The van der Waals surface area contributed by atoms with E-state index in [0.717, 1.165) is 0 Å². The maximum Gasteiger partial charge on any atom is 0.345 e. The Labute approximate surface area is 233 Å². The molecule has 4 rings (SSSR count). The molecule has 2 N–H and O–H groups in total. The number of nitrogens with one attached hydrogen (secondary N) is 2. The number of carbonyl (C=O) groups is 3. The Hall–Kier alpha value is -4.85. The van der Waals surface area contributed by atoms with Crippen LogP contribution in [0.1, 0.15) is 72.4 Å². The lowest BCUT2D eigenvalue weighted by molar-refractivity contribution is 0.0729. The summed E-state index contributed by atoms with van der Waals surface area (Å²) < 4.78 is 20.7. The number of nitrogens with zero attached hydrogens (tertiary/aromatic N) is 4. The third kappa shape index (κ3) is 6.96. The van der Waals surface area contributed by atoms with Crippen molar-refractivity contribution < 1.29 is 23.5 Å². The number of hydrogen-bond acceptors (Lipinski definition) is 8. The molecular weight excluding hydrogens is 515 g/mol. The van der Waals surface area contributed by atoms with E-state index in [1.807, 2.05) is 20.2 Å². The fraction of sp³-hybridized carbons (Fsp3) is 0.310. The number of halogens is 1. The standard InChI is InChI=1S/C27H25FN6O4.2CH4/c1-4-21(35)17-7-8-19(28)24(25(17)38-26(36)16-6-10-23(31-14-16)34(2)3)18-11-20(18)32-27(37)33-22-9-5-15(12-29)13-30-22;;/h5-10,13-14,18,20H,4,11H2,1-3H3,(H2,30,32,33,37);2*1H4/t18-,20?;;/m1../s1. The van der Waals surface area contributed by atoms with Gasteiger partial charge in [0, 0.05) is 50.4 Å². The average Bonchev–Trinajstić information content (AvgIpc) is 3.66. The van der Waals surface area contributed by atoms with Gasteiger partial charge in [0.05, 0.1) is 16.7 Å². The number of urea groups is 1. The summed E-state index contributed by atoms with van der Waals surface area (Å²) in [5.41, 5.74) is 0.631. The molecule has 2 heterocycles. The second kappa shape index (κ2) is 13.3. The fourth-order valence-electron chi connectivity index (χ4n) is 3.89. The number of hydrogen-bond donors (Lipinski definition) is 2. The number of amides is 2. The molecular formula is C29H33FN6O4. The van der Waals surface area contributed by atoms with E-state index in [1.165, 1.54) is 42.7 Å². The molecule has 1 aliphatic rings. The summed E-state index contributed by atoms with van der Waals surface area (Å²) in [7, 11) is 3.62. The SMILES string of the molecule is C.C.CCC(=O)c1ccc(F)c([C@@H]2CC2NC(=O)Nc2ccc(C#N)cn2)c1OC(=O)c1ccc(N(C)C)nc1. The van der Waals surface area contributed by atoms with Gasteiger partial charge in [-0.3, -0.25) is 10.1 Å². The van der Waals surface area contributed by atoms with Crippen molar-refractivity contribution in [1.29, 1.82) is 5.26 Å². The molecule has 0 radical (unpaired) electrons. The molecule has 10 nitrogen and oxygen atoms in total. The lowest BCUT2D eigenvalue weighted by Crippen LogP contribution is -2.31. The van der Waals surface area contributed by atoms with E-state index >= 15 is 4.39 Å². The number of rotatable bonds is 8. The van der Waals surface area contributed by atoms with Crippen LogP contribution in [0, 0.1) is 17.1 Å². The van der Waals surface area contributed by atoms with Gasteiger partial charge < -0.3 is 15.0 Å². The Bertz CT molecular complexity index is 1420. The van der Waals surface area contributed by atoms with Crippen LogP contribution in [0.4, 0.5) is 20.8 Å². The van der Waals surface area contributed by atoms with Gasteiger partial charge in [0.2, 0.25) is 0 Å². The highest BCUT2D eigenvalue weighted by Gasteiger charge is 2.44. The number of anilines is 2. The van der Waals surface area contributed by atoms with Gasteiger partial charge in [0.25, 0.3) is 0 Å². The molecule has 3 aromatic rings. The van der Waals surface area contributed by atoms with E-state index in [9.17, 15) is 14.4 Å². The van der Waals surface area contributed by atoms with Crippen molar-refractivity contribution in [1.82, 2.24) is 15.3 Å². The van der Waals surface area contributed by atoms with Crippen molar-refractivity contribution in [3.63, 3.8) is 0 Å². The second-order valence-corrected chi connectivity index (χ2v) is 8.89. The molecule has 1 aromatic carbocycles. The minimum absolute atomic E-state index is 0. The summed E-state index contributed by atoms with van der Waals surface area (Å²) in [5.74, 6) is -1.54.